The van der Waals surface area contributed by atoms with Gasteiger partial charge in [0.1, 0.15) is 11.3 Å². The van der Waals surface area contributed by atoms with E-state index >= 15 is 0 Å². The third kappa shape index (κ3) is 2.45. The number of rotatable bonds is 3. The van der Waals surface area contributed by atoms with Crippen LogP contribution in [0.5, 0.6) is 11.5 Å². The zero-order valence-corrected chi connectivity index (χ0v) is 13.6. The summed E-state index contributed by atoms with van der Waals surface area (Å²) in [4.78, 5) is 17.3. The van der Waals surface area contributed by atoms with E-state index in [2.05, 4.69) is 10.3 Å². The number of nitrogens with one attached hydrogen (secondary N) is 1. The number of benzene rings is 1. The lowest BCUT2D eigenvalue weighted by atomic mass is 10.2. The van der Waals surface area contributed by atoms with Gasteiger partial charge in [0.05, 0.1) is 5.69 Å². The maximum atomic E-state index is 12.8. The summed E-state index contributed by atoms with van der Waals surface area (Å²) in [6.45, 7) is 2.15. The lowest BCUT2D eigenvalue weighted by Gasteiger charge is -2.07. The second-order valence-corrected chi connectivity index (χ2v) is 5.79. The number of anilines is 1. The number of amides is 1. The molecule has 6 nitrogen and oxygen atoms in total. The molecule has 1 aromatic carbocycles. The monoisotopic (exact) mass is 343 g/mol. The number of ether oxygens (including phenoxy) is 2. The quantitative estimate of drug-likeness (QED) is 0.790. The first-order chi connectivity index (χ1) is 11.7. The van der Waals surface area contributed by atoms with Crippen molar-refractivity contribution >= 4 is 28.8 Å². The number of carbonyl (C=O) groups excluding carboxylic acids is 1. The molecule has 0 saturated carbocycles. The number of carbonyl (C=O) groups is 1. The summed E-state index contributed by atoms with van der Waals surface area (Å²) in [5.74, 6) is 1.06. The van der Waals surface area contributed by atoms with Crippen LogP contribution in [-0.2, 0) is 6.42 Å². The minimum absolute atomic E-state index is 0.195. The highest BCUT2D eigenvalue weighted by molar-refractivity contribution is 6.30. The van der Waals surface area contributed by atoms with Gasteiger partial charge in [0.2, 0.25) is 6.79 Å². The Labute approximate surface area is 143 Å². The summed E-state index contributed by atoms with van der Waals surface area (Å²) >= 11 is 6.01. The number of hydrogen-bond donors (Lipinski definition) is 1. The van der Waals surface area contributed by atoms with Crippen molar-refractivity contribution in [3.8, 4) is 11.5 Å². The van der Waals surface area contributed by atoms with E-state index < -0.39 is 0 Å². The maximum absolute atomic E-state index is 12.8. The van der Waals surface area contributed by atoms with Crippen molar-refractivity contribution in [1.29, 1.82) is 0 Å². The van der Waals surface area contributed by atoms with Crippen molar-refractivity contribution in [2.45, 2.75) is 13.3 Å². The molecule has 0 bridgehead atoms. The van der Waals surface area contributed by atoms with Crippen molar-refractivity contribution in [2.75, 3.05) is 12.1 Å². The molecule has 0 fully saturated rings. The fourth-order valence-corrected chi connectivity index (χ4v) is 2.87. The predicted octanol–water partition coefficient (Wildman–Crippen LogP) is 3.53. The average molecular weight is 344 g/mol. The van der Waals surface area contributed by atoms with E-state index in [0.29, 0.717) is 40.0 Å². The maximum Gasteiger partial charge on any atom is 0.274 e. The van der Waals surface area contributed by atoms with Crippen LogP contribution >= 0.6 is 11.6 Å². The molecule has 1 aliphatic heterocycles. The predicted molar refractivity (Wildman–Crippen MR) is 90.1 cm³/mol. The van der Waals surface area contributed by atoms with Gasteiger partial charge in [-0.2, -0.15) is 0 Å². The third-order valence-corrected chi connectivity index (χ3v) is 4.08. The molecule has 1 N–H and O–H groups in total. The van der Waals surface area contributed by atoms with Crippen LogP contribution in [0.3, 0.4) is 0 Å². The van der Waals surface area contributed by atoms with Crippen LogP contribution in [0.4, 0.5) is 5.69 Å². The highest BCUT2D eigenvalue weighted by Gasteiger charge is 2.20. The second kappa shape index (κ2) is 5.72. The Morgan fingerprint density at radius 1 is 1.29 bits per heavy atom. The van der Waals surface area contributed by atoms with Gasteiger partial charge >= 0.3 is 0 Å². The Morgan fingerprint density at radius 2 is 2.12 bits per heavy atom. The van der Waals surface area contributed by atoms with Gasteiger partial charge in [-0.15, -0.1) is 0 Å². The molecule has 0 radical (unpaired) electrons. The lowest BCUT2D eigenvalue weighted by Crippen LogP contribution is -2.16. The van der Waals surface area contributed by atoms with Crippen molar-refractivity contribution in [3.63, 3.8) is 0 Å². The van der Waals surface area contributed by atoms with Crippen molar-refractivity contribution in [2.24, 2.45) is 0 Å². The van der Waals surface area contributed by atoms with E-state index in [9.17, 15) is 4.79 Å². The molecule has 122 valence electrons. The van der Waals surface area contributed by atoms with Crippen LogP contribution in [0, 0.1) is 0 Å². The molecule has 0 unspecified atom stereocenters. The molecule has 3 aromatic rings. The largest absolute Gasteiger partial charge is 0.454 e. The Bertz CT molecular complexity index is 952. The van der Waals surface area contributed by atoms with E-state index in [1.165, 1.54) is 0 Å². The van der Waals surface area contributed by atoms with Gasteiger partial charge in [-0.25, -0.2) is 4.98 Å². The first kappa shape index (κ1) is 14.8. The summed E-state index contributed by atoms with van der Waals surface area (Å²) in [5, 5.41) is 3.47. The first-order valence-corrected chi connectivity index (χ1v) is 7.91. The molecule has 2 aromatic heterocycles. The molecule has 0 saturated heterocycles. The van der Waals surface area contributed by atoms with E-state index in [1.54, 1.807) is 40.9 Å². The van der Waals surface area contributed by atoms with E-state index in [4.69, 9.17) is 21.1 Å². The molecule has 3 heterocycles. The molecular formula is C17H14ClN3O3. The second-order valence-electron chi connectivity index (χ2n) is 5.36. The van der Waals surface area contributed by atoms with Crippen molar-refractivity contribution in [1.82, 2.24) is 9.38 Å². The van der Waals surface area contributed by atoms with Crippen LogP contribution < -0.4 is 14.8 Å². The molecule has 7 heteroatoms. The molecule has 1 amide bonds. The van der Waals surface area contributed by atoms with Crippen LogP contribution in [0.1, 0.15) is 23.1 Å². The SMILES string of the molecule is CCc1nc2cc(Cl)ccn2c1C(=O)Nc1ccc2c(c1)OCO2. The fourth-order valence-electron chi connectivity index (χ4n) is 2.72. The highest BCUT2D eigenvalue weighted by Crippen LogP contribution is 2.34. The summed E-state index contributed by atoms with van der Waals surface area (Å²) in [7, 11) is 0. The number of hydrogen-bond acceptors (Lipinski definition) is 4. The van der Waals surface area contributed by atoms with E-state index in [1.807, 2.05) is 6.92 Å². The number of aryl methyl sites for hydroxylation is 1. The van der Waals surface area contributed by atoms with Crippen molar-refractivity contribution in [3.05, 3.63) is 52.9 Å². The minimum atomic E-state index is -0.236. The Kier molecular flexibility index (Phi) is 3.54. The number of imidazole rings is 1. The fraction of sp³-hybridized carbons (Fsp3) is 0.176. The van der Waals surface area contributed by atoms with Crippen LogP contribution in [0.15, 0.2) is 36.5 Å². The number of fused-ring (bicyclic) bond motifs is 2. The van der Waals surface area contributed by atoms with Crippen LogP contribution in [0.25, 0.3) is 5.65 Å². The number of halogens is 1. The zero-order chi connectivity index (χ0) is 16.7. The summed E-state index contributed by atoms with van der Waals surface area (Å²) in [6.07, 6.45) is 2.39. The van der Waals surface area contributed by atoms with Gasteiger partial charge in [-0.05, 0) is 24.6 Å². The van der Waals surface area contributed by atoms with Gasteiger partial charge in [0.25, 0.3) is 5.91 Å². The molecule has 24 heavy (non-hydrogen) atoms. The third-order valence-electron chi connectivity index (χ3n) is 3.84. The van der Waals surface area contributed by atoms with Gasteiger partial charge in [-0.1, -0.05) is 18.5 Å². The van der Waals surface area contributed by atoms with Crippen molar-refractivity contribution < 1.29 is 14.3 Å². The number of pyridine rings is 1. The average Bonchev–Trinajstić information content (AvgIpc) is 3.17. The topological polar surface area (TPSA) is 64.9 Å². The van der Waals surface area contributed by atoms with Crippen LogP contribution in [-0.4, -0.2) is 22.1 Å². The smallest absolute Gasteiger partial charge is 0.274 e. The normalized spacial score (nSPS) is 12.6. The standard InChI is InChI=1S/C17H14ClN3O3/c1-2-12-16(21-6-5-10(18)7-15(21)20-12)17(22)19-11-3-4-13-14(8-11)24-9-23-13/h3-8H,2,9H2,1H3,(H,19,22). The Morgan fingerprint density at radius 3 is 2.96 bits per heavy atom. The lowest BCUT2D eigenvalue weighted by molar-refractivity contribution is 0.102. The number of aromatic nitrogens is 2. The zero-order valence-electron chi connectivity index (χ0n) is 12.9. The minimum Gasteiger partial charge on any atom is -0.454 e. The van der Waals surface area contributed by atoms with Gasteiger partial charge in [0.15, 0.2) is 11.5 Å². The molecule has 4 rings (SSSR count). The Balaban J connectivity index is 1.70. The molecular weight excluding hydrogens is 330 g/mol. The Hall–Kier alpha value is -2.73. The summed E-state index contributed by atoms with van der Waals surface area (Å²) in [5.41, 5.74) is 2.50. The van der Waals surface area contributed by atoms with E-state index in [0.717, 1.165) is 5.69 Å². The molecule has 1 aliphatic rings. The van der Waals surface area contributed by atoms with E-state index in [-0.39, 0.29) is 12.7 Å². The van der Waals surface area contributed by atoms with Gasteiger partial charge in [0, 0.05) is 29.0 Å². The van der Waals surface area contributed by atoms with Gasteiger partial charge in [-0.3, -0.25) is 9.20 Å². The van der Waals surface area contributed by atoms with Crippen LogP contribution in [0.2, 0.25) is 5.02 Å². The first-order valence-electron chi connectivity index (χ1n) is 7.53. The summed E-state index contributed by atoms with van der Waals surface area (Å²) < 4.78 is 12.4. The molecule has 0 aliphatic carbocycles. The molecule has 0 atom stereocenters. The van der Waals surface area contributed by atoms with Gasteiger partial charge < -0.3 is 14.8 Å². The summed E-state index contributed by atoms with van der Waals surface area (Å²) in [6, 6.07) is 8.75. The highest BCUT2D eigenvalue weighted by atomic mass is 35.5. The number of nitrogens with zero attached hydrogens (tertiary/aromatic N) is 2. The molecule has 0 spiro atoms.